The third kappa shape index (κ3) is 5.14. The summed E-state index contributed by atoms with van der Waals surface area (Å²) in [6.07, 6.45) is 1.66. The van der Waals surface area contributed by atoms with Gasteiger partial charge >= 0.3 is 0 Å². The van der Waals surface area contributed by atoms with E-state index in [0.29, 0.717) is 24.0 Å². The van der Waals surface area contributed by atoms with Crippen molar-refractivity contribution in [2.24, 2.45) is 0 Å². The van der Waals surface area contributed by atoms with Crippen molar-refractivity contribution in [1.82, 2.24) is 15.3 Å². The Morgan fingerprint density at radius 1 is 1.26 bits per heavy atom. The van der Waals surface area contributed by atoms with Crippen molar-refractivity contribution in [3.63, 3.8) is 0 Å². The van der Waals surface area contributed by atoms with Crippen LogP contribution in [0.2, 0.25) is 0 Å². The molecule has 2 rings (SSSR count). The molecule has 0 fully saturated rings. The highest BCUT2D eigenvalue weighted by Gasteiger charge is 2.06. The highest BCUT2D eigenvalue weighted by Crippen LogP contribution is 2.18. The van der Waals surface area contributed by atoms with Crippen LogP contribution in [-0.2, 0) is 11.3 Å². The van der Waals surface area contributed by atoms with Gasteiger partial charge in [-0.2, -0.15) is 0 Å². The van der Waals surface area contributed by atoms with Gasteiger partial charge in [0.05, 0.1) is 19.3 Å². The third-order valence-electron chi connectivity index (χ3n) is 2.98. The molecule has 0 aliphatic carbocycles. The summed E-state index contributed by atoms with van der Waals surface area (Å²) in [7, 11) is 5.30. The number of benzene rings is 1. The van der Waals surface area contributed by atoms with E-state index in [2.05, 4.69) is 15.3 Å². The summed E-state index contributed by atoms with van der Waals surface area (Å²) >= 11 is 0. The second kappa shape index (κ2) is 7.98. The van der Waals surface area contributed by atoms with Crippen LogP contribution in [0.25, 0.3) is 0 Å². The molecule has 1 aromatic carbocycles. The number of hydrogen-bond acceptors (Lipinski definition) is 6. The van der Waals surface area contributed by atoms with E-state index in [4.69, 9.17) is 9.47 Å². The molecule has 0 radical (unpaired) electrons. The zero-order valence-electron chi connectivity index (χ0n) is 13.4. The van der Waals surface area contributed by atoms with Crippen LogP contribution in [0.4, 0.5) is 5.95 Å². The molecule has 1 aromatic heterocycles. The van der Waals surface area contributed by atoms with Crippen LogP contribution in [0.3, 0.4) is 0 Å². The first-order valence-corrected chi connectivity index (χ1v) is 7.11. The number of carbonyl (C=O) groups excluding carboxylic acids is 1. The fourth-order valence-electron chi connectivity index (χ4n) is 1.78. The van der Waals surface area contributed by atoms with Gasteiger partial charge in [0.25, 0.3) is 5.91 Å². The summed E-state index contributed by atoms with van der Waals surface area (Å²) in [6.45, 7) is 0.252. The molecule has 1 heterocycles. The Morgan fingerprint density at radius 2 is 2.04 bits per heavy atom. The normalized spacial score (nSPS) is 10.0. The average molecular weight is 316 g/mol. The standard InChI is InChI=1S/C16H20N4O3/c1-20(2)16-17-8-7-12(19-16)10-18-15(21)11-23-14-6-4-5-13(9-14)22-3/h4-9H,10-11H2,1-3H3,(H,18,21). The van der Waals surface area contributed by atoms with Gasteiger partial charge in [0.1, 0.15) is 11.5 Å². The number of ether oxygens (including phenoxy) is 2. The maximum atomic E-state index is 11.8. The Hall–Kier alpha value is -2.83. The molecule has 2 aromatic rings. The molecule has 1 N–H and O–H groups in total. The number of nitrogens with one attached hydrogen (secondary N) is 1. The number of methoxy groups -OCH3 is 1. The van der Waals surface area contributed by atoms with Gasteiger partial charge < -0.3 is 19.7 Å². The van der Waals surface area contributed by atoms with Crippen LogP contribution in [-0.4, -0.2) is 43.7 Å². The second-order valence-electron chi connectivity index (χ2n) is 4.99. The Labute approximate surface area is 135 Å². The molecule has 1 amide bonds. The minimum absolute atomic E-state index is 0.0706. The van der Waals surface area contributed by atoms with Gasteiger partial charge in [-0.15, -0.1) is 0 Å². The molecule has 0 spiro atoms. The third-order valence-corrected chi connectivity index (χ3v) is 2.98. The molecule has 23 heavy (non-hydrogen) atoms. The maximum Gasteiger partial charge on any atom is 0.258 e. The summed E-state index contributed by atoms with van der Waals surface area (Å²) in [4.78, 5) is 22.1. The molecule has 0 aliphatic heterocycles. The van der Waals surface area contributed by atoms with Crippen molar-refractivity contribution in [1.29, 1.82) is 0 Å². The topological polar surface area (TPSA) is 76.6 Å². The molecular formula is C16H20N4O3. The average Bonchev–Trinajstić information content (AvgIpc) is 2.58. The molecule has 0 aliphatic rings. The van der Waals surface area contributed by atoms with Crippen molar-refractivity contribution >= 4 is 11.9 Å². The monoisotopic (exact) mass is 316 g/mol. The molecule has 122 valence electrons. The van der Waals surface area contributed by atoms with Gasteiger partial charge in [0.2, 0.25) is 5.95 Å². The zero-order chi connectivity index (χ0) is 16.7. The number of nitrogens with zero attached hydrogens (tertiary/aromatic N) is 3. The predicted molar refractivity (Wildman–Crippen MR) is 86.7 cm³/mol. The van der Waals surface area contributed by atoms with Gasteiger partial charge in [0.15, 0.2) is 6.61 Å². The minimum atomic E-state index is -0.224. The van der Waals surface area contributed by atoms with E-state index in [9.17, 15) is 4.79 Å². The Morgan fingerprint density at radius 3 is 2.78 bits per heavy atom. The highest BCUT2D eigenvalue weighted by molar-refractivity contribution is 5.77. The maximum absolute atomic E-state index is 11.8. The van der Waals surface area contributed by atoms with E-state index in [1.807, 2.05) is 20.2 Å². The predicted octanol–water partition coefficient (Wildman–Crippen LogP) is 1.25. The smallest absolute Gasteiger partial charge is 0.258 e. The summed E-state index contributed by atoms with van der Waals surface area (Å²) in [5, 5.41) is 2.76. The Balaban J connectivity index is 1.82. The molecule has 7 heteroatoms. The van der Waals surface area contributed by atoms with E-state index >= 15 is 0 Å². The lowest BCUT2D eigenvalue weighted by molar-refractivity contribution is -0.123. The summed E-state index contributed by atoms with van der Waals surface area (Å²) in [6, 6.07) is 8.86. The van der Waals surface area contributed by atoms with Crippen molar-refractivity contribution in [3.05, 3.63) is 42.2 Å². The molecule has 7 nitrogen and oxygen atoms in total. The van der Waals surface area contributed by atoms with Gasteiger partial charge in [0, 0.05) is 26.4 Å². The lowest BCUT2D eigenvalue weighted by atomic mass is 10.3. The van der Waals surface area contributed by atoms with Gasteiger partial charge in [-0.25, -0.2) is 9.97 Å². The fourth-order valence-corrected chi connectivity index (χ4v) is 1.78. The van der Waals surface area contributed by atoms with Crippen LogP contribution in [0.1, 0.15) is 5.69 Å². The van der Waals surface area contributed by atoms with Crippen molar-refractivity contribution < 1.29 is 14.3 Å². The number of anilines is 1. The first-order chi connectivity index (χ1) is 11.1. The number of aromatic nitrogens is 2. The highest BCUT2D eigenvalue weighted by atomic mass is 16.5. The number of rotatable bonds is 7. The lowest BCUT2D eigenvalue weighted by Gasteiger charge is -2.11. The largest absolute Gasteiger partial charge is 0.497 e. The Bertz CT molecular complexity index is 661. The van der Waals surface area contributed by atoms with E-state index < -0.39 is 0 Å². The van der Waals surface area contributed by atoms with Gasteiger partial charge in [-0.3, -0.25) is 4.79 Å². The number of amides is 1. The molecular weight excluding hydrogens is 296 g/mol. The summed E-state index contributed by atoms with van der Waals surface area (Å²) < 4.78 is 10.5. The molecule has 0 saturated heterocycles. The van der Waals surface area contributed by atoms with Crippen LogP contribution in [0.5, 0.6) is 11.5 Å². The lowest BCUT2D eigenvalue weighted by Crippen LogP contribution is -2.29. The first-order valence-electron chi connectivity index (χ1n) is 7.11. The zero-order valence-corrected chi connectivity index (χ0v) is 13.4. The molecule has 0 bridgehead atoms. The van der Waals surface area contributed by atoms with Crippen molar-refractivity contribution in [3.8, 4) is 11.5 Å². The second-order valence-corrected chi connectivity index (χ2v) is 4.99. The van der Waals surface area contributed by atoms with Crippen molar-refractivity contribution in [2.75, 3.05) is 32.7 Å². The summed E-state index contributed by atoms with van der Waals surface area (Å²) in [5.74, 6) is 1.64. The van der Waals surface area contributed by atoms with E-state index in [0.717, 1.165) is 5.69 Å². The summed E-state index contributed by atoms with van der Waals surface area (Å²) in [5.41, 5.74) is 0.735. The molecule has 0 atom stereocenters. The van der Waals surface area contributed by atoms with Crippen LogP contribution < -0.4 is 19.7 Å². The van der Waals surface area contributed by atoms with Crippen LogP contribution >= 0.6 is 0 Å². The Kier molecular flexibility index (Phi) is 5.74. The van der Waals surface area contributed by atoms with Crippen molar-refractivity contribution in [2.45, 2.75) is 6.54 Å². The fraction of sp³-hybridized carbons (Fsp3) is 0.312. The van der Waals surface area contributed by atoms with E-state index in [1.165, 1.54) is 0 Å². The van der Waals surface area contributed by atoms with Gasteiger partial charge in [-0.05, 0) is 18.2 Å². The molecule has 0 saturated carbocycles. The number of hydrogen-bond donors (Lipinski definition) is 1. The van der Waals surface area contributed by atoms with Crippen LogP contribution in [0, 0.1) is 0 Å². The van der Waals surface area contributed by atoms with Gasteiger partial charge in [-0.1, -0.05) is 6.07 Å². The number of carbonyl (C=O) groups is 1. The molecule has 0 unspecified atom stereocenters. The van der Waals surface area contributed by atoms with E-state index in [1.54, 1.807) is 42.5 Å². The van der Waals surface area contributed by atoms with Crippen LogP contribution in [0.15, 0.2) is 36.5 Å². The quantitative estimate of drug-likeness (QED) is 0.828. The van der Waals surface area contributed by atoms with E-state index in [-0.39, 0.29) is 12.5 Å². The SMILES string of the molecule is COc1cccc(OCC(=O)NCc2ccnc(N(C)C)n2)c1. The minimum Gasteiger partial charge on any atom is -0.497 e. The first kappa shape index (κ1) is 16.5.